The number of fused-ring (bicyclic) bond motifs is 1. The number of nitrogens with one attached hydrogen (secondary N) is 2. The molecule has 1 saturated heterocycles. The number of rotatable bonds is 14. The first-order chi connectivity index (χ1) is 29.7. The van der Waals surface area contributed by atoms with E-state index in [1.54, 1.807) is 79.1 Å². The number of imide groups is 2. The molecule has 6 amide bonds. The topological polar surface area (TPSA) is 177 Å². The van der Waals surface area contributed by atoms with E-state index in [0.717, 1.165) is 16.0 Å². The third kappa shape index (κ3) is 8.37. The standard InChI is InChI=1S/C47H39N5O9/c1-29(32-11-5-13-35(27-32)59-25-26-61-38-15-6-14-36-41(38)47(58)52(45(36)56)37-21-22-40(53)50-43(37)54)49-44(55)42(33-12-7-23-48-28-33)51(46(57)39-16-8-24-60-39)34-19-17-31(18-20-34)30-9-3-2-4-10-30/h2-20,23-24,27-29,37,42H,21-22,25-26H2,1H3,(H,49,55)(H,50,53,54)/t29-,37?,42+/m1/s1. The normalized spacial score (nSPS) is 15.7. The number of ether oxygens (including phenoxy) is 2. The minimum Gasteiger partial charge on any atom is -0.490 e. The van der Waals surface area contributed by atoms with Gasteiger partial charge in [-0.3, -0.25) is 48.9 Å². The van der Waals surface area contributed by atoms with Crippen LogP contribution in [0.5, 0.6) is 11.5 Å². The molecule has 0 bridgehead atoms. The van der Waals surface area contributed by atoms with Gasteiger partial charge in [-0.05, 0) is 84.6 Å². The maximum absolute atomic E-state index is 14.5. The summed E-state index contributed by atoms with van der Waals surface area (Å²) >= 11 is 0. The zero-order valence-electron chi connectivity index (χ0n) is 32.9. The number of nitrogens with zero attached hydrogens (tertiary/aromatic N) is 3. The molecule has 0 saturated carbocycles. The van der Waals surface area contributed by atoms with Crippen molar-refractivity contribution in [2.75, 3.05) is 18.1 Å². The van der Waals surface area contributed by atoms with Crippen LogP contribution in [0.4, 0.5) is 5.69 Å². The van der Waals surface area contributed by atoms with E-state index in [1.165, 1.54) is 17.2 Å². The quantitative estimate of drug-likeness (QED) is 0.0916. The van der Waals surface area contributed by atoms with Gasteiger partial charge in [-0.1, -0.05) is 66.7 Å². The van der Waals surface area contributed by atoms with Gasteiger partial charge < -0.3 is 19.2 Å². The summed E-state index contributed by atoms with van der Waals surface area (Å²) in [6, 6.07) is 32.8. The van der Waals surface area contributed by atoms with Gasteiger partial charge in [-0.2, -0.15) is 0 Å². The largest absolute Gasteiger partial charge is 0.490 e. The van der Waals surface area contributed by atoms with Gasteiger partial charge >= 0.3 is 0 Å². The van der Waals surface area contributed by atoms with Crippen molar-refractivity contribution >= 4 is 41.1 Å². The number of pyridine rings is 1. The number of piperidine rings is 1. The van der Waals surface area contributed by atoms with Crippen molar-refractivity contribution < 1.29 is 42.7 Å². The Labute approximate surface area is 350 Å². The van der Waals surface area contributed by atoms with E-state index in [4.69, 9.17) is 13.9 Å². The molecule has 2 aromatic heterocycles. The van der Waals surface area contributed by atoms with Crippen molar-refractivity contribution in [2.24, 2.45) is 0 Å². The van der Waals surface area contributed by atoms with Gasteiger partial charge in [0, 0.05) is 30.1 Å². The molecule has 1 fully saturated rings. The van der Waals surface area contributed by atoms with Gasteiger partial charge in [0.2, 0.25) is 17.7 Å². The van der Waals surface area contributed by atoms with Crippen LogP contribution in [0.25, 0.3) is 11.1 Å². The molecule has 6 aromatic rings. The molecule has 8 rings (SSSR count). The second kappa shape index (κ2) is 17.5. The first kappa shape index (κ1) is 39.9. The molecule has 61 heavy (non-hydrogen) atoms. The van der Waals surface area contributed by atoms with E-state index in [1.807, 2.05) is 55.5 Å². The van der Waals surface area contributed by atoms with Crippen molar-refractivity contribution in [1.29, 1.82) is 0 Å². The van der Waals surface area contributed by atoms with Crippen molar-refractivity contribution in [1.82, 2.24) is 20.5 Å². The van der Waals surface area contributed by atoms with Crippen LogP contribution in [-0.4, -0.2) is 64.6 Å². The van der Waals surface area contributed by atoms with Crippen molar-refractivity contribution in [3.8, 4) is 22.6 Å². The number of carbonyl (C=O) groups excluding carboxylic acids is 6. The lowest BCUT2D eigenvalue weighted by atomic mass is 10.0. The summed E-state index contributed by atoms with van der Waals surface area (Å²) in [5.41, 5.74) is 3.76. The van der Waals surface area contributed by atoms with E-state index >= 15 is 0 Å². The van der Waals surface area contributed by atoms with E-state index in [9.17, 15) is 28.8 Å². The molecule has 2 aliphatic rings. The monoisotopic (exact) mass is 817 g/mol. The second-order valence-electron chi connectivity index (χ2n) is 14.4. The van der Waals surface area contributed by atoms with E-state index < -0.39 is 53.6 Å². The number of furan rings is 1. The number of anilines is 1. The van der Waals surface area contributed by atoms with Gasteiger partial charge in [0.15, 0.2) is 5.76 Å². The Kier molecular flexibility index (Phi) is 11.5. The smallest absolute Gasteiger partial charge is 0.294 e. The number of benzene rings is 4. The number of carbonyl (C=O) groups is 6. The molecule has 14 heteroatoms. The van der Waals surface area contributed by atoms with Crippen LogP contribution in [0.1, 0.15) is 74.2 Å². The molecule has 4 heterocycles. The fraction of sp³-hybridized carbons (Fsp3) is 0.170. The van der Waals surface area contributed by atoms with E-state index in [-0.39, 0.29) is 48.7 Å². The molecule has 4 aromatic carbocycles. The van der Waals surface area contributed by atoms with Crippen LogP contribution in [-0.2, 0) is 14.4 Å². The van der Waals surface area contributed by atoms with Crippen LogP contribution in [0.2, 0.25) is 0 Å². The van der Waals surface area contributed by atoms with Crippen LogP contribution in [0, 0.1) is 0 Å². The summed E-state index contributed by atoms with van der Waals surface area (Å²) < 4.78 is 17.5. The summed E-state index contributed by atoms with van der Waals surface area (Å²) in [4.78, 5) is 86.1. The van der Waals surface area contributed by atoms with Crippen LogP contribution >= 0.6 is 0 Å². The lowest BCUT2D eigenvalue weighted by molar-refractivity contribution is -0.136. The molecule has 0 aliphatic carbocycles. The predicted molar refractivity (Wildman–Crippen MR) is 221 cm³/mol. The molecule has 14 nitrogen and oxygen atoms in total. The van der Waals surface area contributed by atoms with Crippen LogP contribution < -0.4 is 25.0 Å². The first-order valence-corrected chi connectivity index (χ1v) is 19.6. The Bertz CT molecular complexity index is 2600. The lowest BCUT2D eigenvalue weighted by Crippen LogP contribution is -2.54. The zero-order valence-corrected chi connectivity index (χ0v) is 32.9. The van der Waals surface area contributed by atoms with Crippen LogP contribution in [0.3, 0.4) is 0 Å². The summed E-state index contributed by atoms with van der Waals surface area (Å²) in [5.74, 6) is -2.74. The Morgan fingerprint density at radius 1 is 0.836 bits per heavy atom. The highest BCUT2D eigenvalue weighted by atomic mass is 16.5. The average molecular weight is 818 g/mol. The van der Waals surface area contributed by atoms with Crippen molar-refractivity contribution in [3.05, 3.63) is 168 Å². The molecule has 306 valence electrons. The lowest BCUT2D eigenvalue weighted by Gasteiger charge is -2.31. The SMILES string of the molecule is C[C@@H](NC(=O)[C@H](c1cccnc1)N(C(=O)c1ccco1)c1ccc(-c2ccccc2)cc1)c1cccc(OCCOc2cccc3c2C(=O)N(C2CCC(=O)NC2=O)C3=O)c1. The van der Waals surface area contributed by atoms with E-state index in [2.05, 4.69) is 15.6 Å². The fourth-order valence-corrected chi connectivity index (χ4v) is 7.47. The van der Waals surface area contributed by atoms with Gasteiger partial charge in [0.25, 0.3) is 17.7 Å². The number of hydrogen-bond donors (Lipinski definition) is 2. The molecule has 2 N–H and O–H groups in total. The third-order valence-corrected chi connectivity index (χ3v) is 10.5. The van der Waals surface area contributed by atoms with Crippen LogP contribution in [0.15, 0.2) is 144 Å². The summed E-state index contributed by atoms with van der Waals surface area (Å²) in [7, 11) is 0. The minimum absolute atomic E-state index is 0.00546. The maximum Gasteiger partial charge on any atom is 0.294 e. The summed E-state index contributed by atoms with van der Waals surface area (Å²) in [6.07, 6.45) is 4.61. The third-order valence-electron chi connectivity index (χ3n) is 10.5. The Morgan fingerprint density at radius 2 is 1.59 bits per heavy atom. The Balaban J connectivity index is 0.960. The van der Waals surface area contributed by atoms with Crippen molar-refractivity contribution in [3.63, 3.8) is 0 Å². The van der Waals surface area contributed by atoms with Gasteiger partial charge in [-0.25, -0.2) is 0 Å². The van der Waals surface area contributed by atoms with Crippen molar-refractivity contribution in [2.45, 2.75) is 37.9 Å². The van der Waals surface area contributed by atoms with Gasteiger partial charge in [0.05, 0.1) is 23.4 Å². The minimum atomic E-state index is -1.15. The highest BCUT2D eigenvalue weighted by molar-refractivity contribution is 6.24. The number of aromatic nitrogens is 1. The second-order valence-corrected chi connectivity index (χ2v) is 14.4. The first-order valence-electron chi connectivity index (χ1n) is 19.6. The number of hydrogen-bond acceptors (Lipinski definition) is 10. The number of amides is 6. The summed E-state index contributed by atoms with van der Waals surface area (Å²) in [6.45, 7) is 1.88. The Hall–Kier alpha value is -7.87. The average Bonchev–Trinajstić information content (AvgIpc) is 3.92. The zero-order chi connectivity index (χ0) is 42.5. The van der Waals surface area contributed by atoms with Gasteiger partial charge in [0.1, 0.15) is 36.8 Å². The molecule has 0 radical (unpaired) electrons. The van der Waals surface area contributed by atoms with Gasteiger partial charge in [-0.15, -0.1) is 0 Å². The molecule has 2 aliphatic heterocycles. The predicted octanol–water partition coefficient (Wildman–Crippen LogP) is 6.47. The molecule has 1 unspecified atom stereocenters. The van der Waals surface area contributed by atoms with E-state index in [0.29, 0.717) is 22.6 Å². The molecular weight excluding hydrogens is 779 g/mol. The highest BCUT2D eigenvalue weighted by Crippen LogP contribution is 2.35. The highest BCUT2D eigenvalue weighted by Gasteiger charge is 2.46. The molecule has 3 atom stereocenters. The molecule has 0 spiro atoms. The Morgan fingerprint density at radius 3 is 2.33 bits per heavy atom. The maximum atomic E-state index is 14.5. The fourth-order valence-electron chi connectivity index (χ4n) is 7.47. The molecular formula is C47H39N5O9. The summed E-state index contributed by atoms with van der Waals surface area (Å²) in [5, 5.41) is 5.28.